The van der Waals surface area contributed by atoms with Crippen LogP contribution in [0.3, 0.4) is 0 Å². The van der Waals surface area contributed by atoms with Gasteiger partial charge < -0.3 is 45.2 Å². The number of rotatable bonds is 27. The Labute approximate surface area is 399 Å². The fourth-order valence-corrected chi connectivity index (χ4v) is 10.6. The molecule has 3 fully saturated rings. The summed E-state index contributed by atoms with van der Waals surface area (Å²) in [6, 6.07) is 5.37. The second kappa shape index (κ2) is 26.3. The van der Waals surface area contributed by atoms with E-state index in [0.717, 1.165) is 44.1 Å². The summed E-state index contributed by atoms with van der Waals surface area (Å²) in [7, 11) is 4.71. The van der Waals surface area contributed by atoms with E-state index >= 15 is 0 Å². The highest BCUT2D eigenvalue weighted by Gasteiger charge is 2.52. The SMILES string of the molecule is CC[C@@H](C)C(=O)NCCCCCC(=O)N1[C@@H]2CC[C@@H](C2)[C@H]1C(=O)N[C@H](C(=O)N(C)[C@@H]([C@@H](C)CC)[C@@H](CC(=O)N1CCC[C@H]1[C@H](OC)[C@@H](C)C(=O)N[C@@H](Cc1ccccc1)C(=O)O)OC)C(C)C. The molecule has 2 saturated heterocycles. The van der Waals surface area contributed by atoms with Crippen molar-refractivity contribution >= 4 is 41.4 Å². The first-order valence-electron chi connectivity index (χ1n) is 25.0. The summed E-state index contributed by atoms with van der Waals surface area (Å²) in [4.78, 5) is 100. The molecular weight excluding hydrogens is 857 g/mol. The Bertz CT molecular complexity index is 1810. The molecule has 4 N–H and O–H groups in total. The van der Waals surface area contributed by atoms with Crippen LogP contribution in [0, 0.1) is 29.6 Å². The van der Waals surface area contributed by atoms with Crippen molar-refractivity contribution in [3.05, 3.63) is 35.9 Å². The van der Waals surface area contributed by atoms with Crippen LogP contribution in [0.5, 0.6) is 0 Å². The van der Waals surface area contributed by atoms with Crippen LogP contribution in [0.25, 0.3) is 0 Å². The molecule has 376 valence electrons. The molecule has 0 radical (unpaired) electrons. The van der Waals surface area contributed by atoms with Gasteiger partial charge in [0.1, 0.15) is 18.1 Å². The van der Waals surface area contributed by atoms with Crippen LogP contribution in [0.2, 0.25) is 0 Å². The molecule has 16 heteroatoms. The number of unbranched alkanes of at least 4 members (excludes halogenated alkanes) is 2. The van der Waals surface area contributed by atoms with Crippen molar-refractivity contribution in [2.45, 2.75) is 180 Å². The lowest BCUT2D eigenvalue weighted by atomic mass is 9.89. The summed E-state index contributed by atoms with van der Waals surface area (Å²) < 4.78 is 12.0. The van der Waals surface area contributed by atoms with Crippen LogP contribution in [0.1, 0.15) is 131 Å². The van der Waals surface area contributed by atoms with Crippen molar-refractivity contribution in [2.24, 2.45) is 29.6 Å². The summed E-state index contributed by atoms with van der Waals surface area (Å²) in [5, 5.41) is 18.7. The Morgan fingerprint density at radius 1 is 0.851 bits per heavy atom. The molecule has 0 unspecified atom stereocenters. The second-order valence-electron chi connectivity index (χ2n) is 19.8. The van der Waals surface area contributed by atoms with Crippen LogP contribution in [0.4, 0.5) is 0 Å². The molecule has 3 aliphatic rings. The number of carbonyl (C=O) groups excluding carboxylic acids is 6. The third kappa shape index (κ3) is 14.2. The number of hydrogen-bond donors (Lipinski definition) is 4. The minimum Gasteiger partial charge on any atom is -0.480 e. The highest BCUT2D eigenvalue weighted by molar-refractivity contribution is 5.93. The molecule has 67 heavy (non-hydrogen) atoms. The van der Waals surface area contributed by atoms with Crippen molar-refractivity contribution in [3.8, 4) is 0 Å². The van der Waals surface area contributed by atoms with Gasteiger partial charge in [0, 0.05) is 59.2 Å². The van der Waals surface area contributed by atoms with Gasteiger partial charge in [-0.25, -0.2) is 4.79 Å². The maximum Gasteiger partial charge on any atom is 0.326 e. The lowest BCUT2D eigenvalue weighted by Crippen LogP contribution is -2.60. The number of hydrogen-bond acceptors (Lipinski definition) is 9. The third-order valence-electron chi connectivity index (χ3n) is 15.0. The summed E-state index contributed by atoms with van der Waals surface area (Å²) >= 11 is 0. The van der Waals surface area contributed by atoms with E-state index in [-0.39, 0.29) is 72.1 Å². The van der Waals surface area contributed by atoms with Crippen LogP contribution in [-0.4, -0.2) is 144 Å². The topological polar surface area (TPSA) is 204 Å². The monoisotopic (exact) mass is 939 g/mol. The number of carboxylic acids is 1. The number of methoxy groups -OCH3 is 2. The Morgan fingerprint density at radius 2 is 1.55 bits per heavy atom. The number of amides is 6. The molecule has 2 aliphatic heterocycles. The number of carboxylic acid groups (broad SMARTS) is 1. The fourth-order valence-electron chi connectivity index (χ4n) is 10.6. The van der Waals surface area contributed by atoms with Crippen molar-refractivity contribution in [3.63, 3.8) is 0 Å². The van der Waals surface area contributed by atoms with E-state index in [0.29, 0.717) is 45.2 Å². The van der Waals surface area contributed by atoms with Crippen LogP contribution in [-0.2, 0) is 49.5 Å². The predicted molar refractivity (Wildman–Crippen MR) is 255 cm³/mol. The van der Waals surface area contributed by atoms with Gasteiger partial charge in [-0.15, -0.1) is 0 Å². The van der Waals surface area contributed by atoms with Gasteiger partial charge >= 0.3 is 5.97 Å². The van der Waals surface area contributed by atoms with Gasteiger partial charge in [-0.05, 0) is 74.7 Å². The van der Waals surface area contributed by atoms with E-state index in [2.05, 4.69) is 16.0 Å². The Hall–Kier alpha value is -4.57. The number of likely N-dealkylation sites (tertiary alicyclic amines) is 2. The quantitative estimate of drug-likeness (QED) is 0.0874. The molecule has 16 nitrogen and oxygen atoms in total. The highest BCUT2D eigenvalue weighted by atomic mass is 16.5. The first kappa shape index (κ1) is 55.0. The number of nitrogens with one attached hydrogen (secondary N) is 3. The minimum absolute atomic E-state index is 0.00214. The Kier molecular flexibility index (Phi) is 21.6. The number of likely N-dealkylation sites (N-methyl/N-ethyl adjacent to an activating group) is 1. The minimum atomic E-state index is -1.15. The van der Waals surface area contributed by atoms with Crippen LogP contribution in [0.15, 0.2) is 30.3 Å². The van der Waals surface area contributed by atoms with Crippen molar-refractivity contribution in [1.29, 1.82) is 0 Å². The first-order chi connectivity index (χ1) is 31.9. The number of fused-ring (bicyclic) bond motifs is 2. The molecule has 0 aromatic heterocycles. The van der Waals surface area contributed by atoms with Crippen molar-refractivity contribution < 1.29 is 48.1 Å². The van der Waals surface area contributed by atoms with E-state index < -0.39 is 60.2 Å². The predicted octanol–water partition coefficient (Wildman–Crippen LogP) is 4.96. The molecular formula is C51H82N6O10. The van der Waals surface area contributed by atoms with Crippen LogP contribution < -0.4 is 16.0 Å². The second-order valence-corrected chi connectivity index (χ2v) is 19.8. The number of carbonyl (C=O) groups is 7. The average Bonchev–Trinajstić information content (AvgIpc) is 4.09. The van der Waals surface area contributed by atoms with Crippen molar-refractivity contribution in [1.82, 2.24) is 30.7 Å². The van der Waals surface area contributed by atoms with E-state index in [1.165, 1.54) is 14.2 Å². The van der Waals surface area contributed by atoms with Gasteiger partial charge in [0.25, 0.3) is 0 Å². The zero-order chi connectivity index (χ0) is 49.5. The van der Waals surface area contributed by atoms with E-state index in [9.17, 15) is 38.7 Å². The fraction of sp³-hybridized carbons (Fsp3) is 0.745. The van der Waals surface area contributed by atoms with Gasteiger partial charge in [0.15, 0.2) is 0 Å². The number of nitrogens with zero attached hydrogens (tertiary/aromatic N) is 3. The molecule has 1 aromatic rings. The third-order valence-corrected chi connectivity index (χ3v) is 15.0. The molecule has 2 bridgehead atoms. The molecule has 1 aliphatic carbocycles. The summed E-state index contributed by atoms with van der Waals surface area (Å²) in [6.45, 7) is 14.4. The zero-order valence-electron chi connectivity index (χ0n) is 42.0. The van der Waals surface area contributed by atoms with Gasteiger partial charge in [0.05, 0.1) is 36.6 Å². The Morgan fingerprint density at radius 3 is 2.16 bits per heavy atom. The molecule has 12 atom stereocenters. The van der Waals surface area contributed by atoms with E-state index in [4.69, 9.17) is 9.47 Å². The first-order valence-corrected chi connectivity index (χ1v) is 25.0. The summed E-state index contributed by atoms with van der Waals surface area (Å²) in [5.41, 5.74) is 0.773. The lowest BCUT2D eigenvalue weighted by Gasteiger charge is -2.41. The highest BCUT2D eigenvalue weighted by Crippen LogP contribution is 2.43. The average molecular weight is 939 g/mol. The van der Waals surface area contributed by atoms with Gasteiger partial charge in [0.2, 0.25) is 35.4 Å². The van der Waals surface area contributed by atoms with Gasteiger partial charge in [-0.2, -0.15) is 0 Å². The van der Waals surface area contributed by atoms with E-state index in [1.807, 2.05) is 71.9 Å². The number of benzene rings is 1. The maximum atomic E-state index is 14.7. The molecule has 1 aromatic carbocycles. The normalized spacial score (nSPS) is 22.6. The molecule has 1 saturated carbocycles. The summed E-state index contributed by atoms with van der Waals surface area (Å²) in [5.74, 6) is -3.67. The van der Waals surface area contributed by atoms with Gasteiger partial charge in [-0.3, -0.25) is 28.8 Å². The smallest absolute Gasteiger partial charge is 0.326 e. The lowest BCUT2D eigenvalue weighted by molar-refractivity contribution is -0.149. The molecule has 2 heterocycles. The van der Waals surface area contributed by atoms with Gasteiger partial charge in [-0.1, -0.05) is 91.6 Å². The molecule has 0 spiro atoms. The largest absolute Gasteiger partial charge is 0.480 e. The summed E-state index contributed by atoms with van der Waals surface area (Å²) in [6.07, 6.45) is 6.34. The van der Waals surface area contributed by atoms with Crippen LogP contribution >= 0.6 is 0 Å². The Balaban J connectivity index is 1.42. The maximum absolute atomic E-state index is 14.7. The van der Waals surface area contributed by atoms with Crippen molar-refractivity contribution in [2.75, 3.05) is 34.4 Å². The molecule has 6 amide bonds. The number of ether oxygens (including phenoxy) is 2. The standard InChI is InChI=1S/C51H82N6O10/c1-11-32(5)44(40(66-9)30-42(59)56-27-19-22-39(56)46(67-10)34(7)48(61)53-38(51(64)65)28-35-20-15-13-16-21-35)55(8)50(63)43(31(3)4)54-49(62)45-36-24-25-37(29-36)57(45)41(58)23-17-14-18-26-52-47(60)33(6)12-2/h13,15-16,20-21,31-34,36-40,43-46H,11-12,14,17-19,22-30H2,1-10H3,(H,52,60)(H,53,61)(H,54,62)(H,64,65)/t32-,33+,34+,36-,37+,38-,39-,40+,43-,44-,45-,46+/m0/s1. The zero-order valence-corrected chi connectivity index (χ0v) is 42.0. The molecule has 4 rings (SSSR count). The number of piperidine rings is 1. The van der Waals surface area contributed by atoms with E-state index in [1.54, 1.807) is 28.7 Å². The number of aliphatic carboxylic acids is 1.